The van der Waals surface area contributed by atoms with Crippen LogP contribution in [-0.4, -0.2) is 54.2 Å². The van der Waals surface area contributed by atoms with Gasteiger partial charge in [-0.1, -0.05) is 163 Å². The van der Waals surface area contributed by atoms with Crippen molar-refractivity contribution in [3.8, 4) is 78.7 Å². The first-order valence-corrected chi connectivity index (χ1v) is 19.5. The second kappa shape index (κ2) is 15.2. The Morgan fingerprint density at radius 3 is 1.30 bits per heavy atom. The third-order valence-electron chi connectivity index (χ3n) is 11.1. The summed E-state index contributed by atoms with van der Waals surface area (Å²) in [6.45, 7) is 0. The normalized spacial score (nSPS) is 11.3. The van der Waals surface area contributed by atoms with Crippen LogP contribution in [0.5, 0.6) is 0 Å². The quantitative estimate of drug-likeness (QED) is 0.159. The average molecular weight is 753 g/mol. The van der Waals surface area contributed by atoms with Gasteiger partial charge in [-0.3, -0.25) is 0 Å². The Kier molecular flexibility index (Phi) is 9.45. The summed E-state index contributed by atoms with van der Waals surface area (Å²) >= 11 is 0. The molecule has 268 valence electrons. The molecule has 0 unspecified atom stereocenters. The fourth-order valence-corrected chi connectivity index (χ4v) is 7.78. The summed E-state index contributed by atoms with van der Waals surface area (Å²) in [5.41, 5.74) is 13.0. The van der Waals surface area contributed by atoms with Crippen molar-refractivity contribution in [1.29, 1.82) is 0 Å². The maximum atomic E-state index is 6.69. The van der Waals surface area contributed by atoms with E-state index in [1.165, 1.54) is 16.7 Å². The smallest absolute Gasteiger partial charge is 0.167 e. The molecule has 0 saturated carbocycles. The van der Waals surface area contributed by atoms with Crippen molar-refractivity contribution in [2.75, 3.05) is 0 Å². The topological polar surface area (TPSA) is 51.8 Å². The molecule has 10 aromatic rings. The number of hydrogen-bond donors (Lipinski definition) is 0. The highest BCUT2D eigenvalue weighted by Gasteiger charge is 2.19. The molecule has 10 radical (unpaired) electrons. The Morgan fingerprint density at radius 1 is 0.317 bits per heavy atom. The molecule has 0 bridgehead atoms. The van der Waals surface area contributed by atoms with E-state index in [0.29, 0.717) is 28.6 Å². The number of furan rings is 1. The minimum atomic E-state index is 0.170. The third-order valence-corrected chi connectivity index (χ3v) is 11.1. The van der Waals surface area contributed by atoms with Crippen molar-refractivity contribution in [2.45, 2.75) is 0 Å². The van der Waals surface area contributed by atoms with E-state index in [1.54, 1.807) is 0 Å². The lowest BCUT2D eigenvalue weighted by atomic mass is 9.59. The molecule has 10 rings (SSSR count). The number of rotatable bonds is 7. The van der Waals surface area contributed by atoms with Gasteiger partial charge >= 0.3 is 0 Å². The van der Waals surface area contributed by atoms with Crippen molar-refractivity contribution < 1.29 is 4.42 Å². The Morgan fingerprint density at radius 2 is 0.733 bits per heavy atom. The fraction of sp³-hybridized carbons (Fsp3) is 0. The van der Waals surface area contributed by atoms with Crippen molar-refractivity contribution >= 4 is 88.5 Å². The lowest BCUT2D eigenvalue weighted by Crippen LogP contribution is -2.55. The Hall–Kier alpha value is -7.11. The van der Waals surface area contributed by atoms with Crippen LogP contribution in [0.25, 0.3) is 101 Å². The summed E-state index contributed by atoms with van der Waals surface area (Å²) in [6, 6.07) is 57.6. The highest BCUT2D eigenvalue weighted by atomic mass is 16.3. The second-order valence-electron chi connectivity index (χ2n) is 14.7. The minimum absolute atomic E-state index is 0.170. The molecule has 0 aliphatic heterocycles. The van der Waals surface area contributed by atoms with E-state index in [-0.39, 0.29) is 27.3 Å². The van der Waals surface area contributed by atoms with E-state index < -0.39 is 0 Å². The number of fused-ring (bicyclic) bond motifs is 3. The van der Waals surface area contributed by atoms with Crippen LogP contribution in [0.2, 0.25) is 0 Å². The first kappa shape index (κ1) is 37.2. The summed E-state index contributed by atoms with van der Waals surface area (Å²) in [5, 5.41) is 1.97. The second-order valence-corrected chi connectivity index (χ2v) is 14.7. The van der Waals surface area contributed by atoms with Gasteiger partial charge in [0.2, 0.25) is 0 Å². The standard InChI is InChI=1S/C51H28B5N3O/c52-43-42(44(53)46(55)47(56)45(43)54)34-22-24-36(25-23-34)50-57-49(35-10-5-2-6-11-35)58-51(59-50)40-13-7-12-39-38-27-26-37(28-41(38)60-48(39)40)33-20-18-32(19-21-33)31-16-14-30(15-17-31)29-8-3-1-4-9-29/h1-28H. The molecule has 0 amide bonds. The molecule has 9 heteroatoms. The van der Waals surface area contributed by atoms with Crippen LogP contribution >= 0.6 is 0 Å². The van der Waals surface area contributed by atoms with Crippen LogP contribution in [0.1, 0.15) is 0 Å². The molecule has 4 nitrogen and oxygen atoms in total. The zero-order chi connectivity index (χ0) is 40.9. The lowest BCUT2D eigenvalue weighted by Gasteiger charge is -2.21. The molecular formula is C51H28B5N3O. The van der Waals surface area contributed by atoms with Gasteiger partial charge in [-0.05, 0) is 62.7 Å². The summed E-state index contributed by atoms with van der Waals surface area (Å²) in [4.78, 5) is 15.0. The highest BCUT2D eigenvalue weighted by molar-refractivity contribution is 6.68. The van der Waals surface area contributed by atoms with Crippen LogP contribution in [0, 0.1) is 0 Å². The molecular weight excluding hydrogens is 725 g/mol. The SMILES string of the molecule is [B]c1c([B])c([B])c(-c2ccc(-c3nc(-c4ccccc4)nc(-c4cccc5c4oc4cc(-c6ccc(-c7ccc(-c8ccccc8)cc7)cc6)ccc45)n3)cc2)c([B])c1[B]. The first-order valence-electron chi connectivity index (χ1n) is 19.5. The molecule has 0 aliphatic rings. The van der Waals surface area contributed by atoms with Gasteiger partial charge in [-0.2, -0.15) is 0 Å². The first-order chi connectivity index (χ1) is 29.3. The average Bonchev–Trinajstić information content (AvgIpc) is 3.69. The minimum Gasteiger partial charge on any atom is -0.455 e. The number of aromatic nitrogens is 3. The zero-order valence-electron chi connectivity index (χ0n) is 32.3. The van der Waals surface area contributed by atoms with Gasteiger partial charge in [0, 0.05) is 21.9 Å². The van der Waals surface area contributed by atoms with Gasteiger partial charge < -0.3 is 4.42 Å². The Bertz CT molecular complexity index is 3200. The molecule has 0 fully saturated rings. The van der Waals surface area contributed by atoms with E-state index in [9.17, 15) is 0 Å². The summed E-state index contributed by atoms with van der Waals surface area (Å²) in [5.74, 6) is 1.49. The molecule has 2 aromatic heterocycles. The number of nitrogens with zero attached hydrogens (tertiary/aromatic N) is 3. The number of para-hydroxylation sites is 1. The maximum Gasteiger partial charge on any atom is 0.167 e. The van der Waals surface area contributed by atoms with Crippen LogP contribution in [0.3, 0.4) is 0 Å². The van der Waals surface area contributed by atoms with E-state index in [0.717, 1.165) is 55.3 Å². The highest BCUT2D eigenvalue weighted by Crippen LogP contribution is 2.38. The maximum absolute atomic E-state index is 6.69. The van der Waals surface area contributed by atoms with E-state index in [2.05, 4.69) is 97.1 Å². The third kappa shape index (κ3) is 6.66. The van der Waals surface area contributed by atoms with Gasteiger partial charge in [0.1, 0.15) is 50.4 Å². The molecule has 0 spiro atoms. The van der Waals surface area contributed by atoms with Gasteiger partial charge in [0.15, 0.2) is 17.5 Å². The van der Waals surface area contributed by atoms with Crippen molar-refractivity contribution in [1.82, 2.24) is 15.0 Å². The monoisotopic (exact) mass is 753 g/mol. The van der Waals surface area contributed by atoms with E-state index in [4.69, 9.17) is 58.6 Å². The lowest BCUT2D eigenvalue weighted by molar-refractivity contribution is 0.669. The molecule has 60 heavy (non-hydrogen) atoms. The van der Waals surface area contributed by atoms with Crippen LogP contribution in [0.15, 0.2) is 174 Å². The number of hydrogen-bond acceptors (Lipinski definition) is 4. The number of benzene rings is 8. The van der Waals surface area contributed by atoms with Crippen LogP contribution < -0.4 is 27.3 Å². The van der Waals surface area contributed by atoms with Crippen LogP contribution in [-0.2, 0) is 0 Å². The van der Waals surface area contributed by atoms with Crippen LogP contribution in [0.4, 0.5) is 0 Å². The molecule has 2 heterocycles. The van der Waals surface area contributed by atoms with E-state index in [1.807, 2.05) is 72.8 Å². The van der Waals surface area contributed by atoms with Gasteiger partial charge in [-0.25, -0.2) is 15.0 Å². The van der Waals surface area contributed by atoms with E-state index >= 15 is 0 Å². The van der Waals surface area contributed by atoms with Crippen molar-refractivity contribution in [3.63, 3.8) is 0 Å². The molecule has 8 aromatic carbocycles. The fourth-order valence-electron chi connectivity index (χ4n) is 7.78. The van der Waals surface area contributed by atoms with Crippen molar-refractivity contribution in [2.24, 2.45) is 0 Å². The summed E-state index contributed by atoms with van der Waals surface area (Å²) in [7, 11) is 31.1. The van der Waals surface area contributed by atoms with Gasteiger partial charge in [0.25, 0.3) is 0 Å². The molecule has 0 atom stereocenters. The zero-order valence-corrected chi connectivity index (χ0v) is 32.3. The summed E-state index contributed by atoms with van der Waals surface area (Å²) in [6.07, 6.45) is 0. The Labute approximate surface area is 354 Å². The molecule has 0 saturated heterocycles. The summed E-state index contributed by atoms with van der Waals surface area (Å²) < 4.78 is 6.69. The van der Waals surface area contributed by atoms with Gasteiger partial charge in [0.05, 0.1) is 5.56 Å². The largest absolute Gasteiger partial charge is 0.455 e. The molecule has 0 N–H and O–H groups in total. The predicted octanol–water partition coefficient (Wildman–Crippen LogP) is 7.41. The predicted molar refractivity (Wildman–Crippen MR) is 252 cm³/mol. The molecule has 0 aliphatic carbocycles. The van der Waals surface area contributed by atoms with Crippen molar-refractivity contribution in [3.05, 3.63) is 170 Å². The Balaban J connectivity index is 1.01. The van der Waals surface area contributed by atoms with Gasteiger partial charge in [-0.15, -0.1) is 16.4 Å².